The van der Waals surface area contributed by atoms with Gasteiger partial charge in [-0.25, -0.2) is 4.79 Å². The van der Waals surface area contributed by atoms with Crippen molar-refractivity contribution in [1.29, 1.82) is 0 Å². The topological polar surface area (TPSA) is 81.6 Å². The van der Waals surface area contributed by atoms with Crippen molar-refractivity contribution in [2.24, 2.45) is 0 Å². The number of rotatable bonds is 4. The van der Waals surface area contributed by atoms with E-state index in [2.05, 4.69) is 10.6 Å². The van der Waals surface area contributed by atoms with E-state index in [4.69, 9.17) is 0 Å². The number of carbonyl (C=O) groups is 1. The van der Waals surface area contributed by atoms with Gasteiger partial charge in [0, 0.05) is 12.6 Å². The normalized spacial score (nSPS) is 15.7. The van der Waals surface area contributed by atoms with Gasteiger partial charge in [0.05, 0.1) is 0 Å². The molecule has 0 spiro atoms. The molecule has 1 fully saturated rings. The molecule has 5 nitrogen and oxygen atoms in total. The monoisotopic (exact) mass is 292 g/mol. The van der Waals surface area contributed by atoms with Crippen molar-refractivity contribution in [3.63, 3.8) is 0 Å². The summed E-state index contributed by atoms with van der Waals surface area (Å²) in [6, 6.07) is 3.26. The number of phenols is 2. The molecule has 0 bridgehead atoms. The van der Waals surface area contributed by atoms with E-state index in [0.29, 0.717) is 19.0 Å². The molecule has 5 heteroatoms. The predicted molar refractivity (Wildman–Crippen MR) is 81.6 cm³/mol. The highest BCUT2D eigenvalue weighted by molar-refractivity contribution is 5.74. The number of aromatic hydroxyl groups is 2. The van der Waals surface area contributed by atoms with Crippen LogP contribution < -0.4 is 10.6 Å². The first kappa shape index (κ1) is 15.5. The zero-order valence-electron chi connectivity index (χ0n) is 12.5. The van der Waals surface area contributed by atoms with Gasteiger partial charge in [0.1, 0.15) is 0 Å². The fourth-order valence-corrected chi connectivity index (χ4v) is 2.79. The van der Waals surface area contributed by atoms with Crippen LogP contribution in [0.25, 0.3) is 0 Å². The van der Waals surface area contributed by atoms with Gasteiger partial charge in [0.15, 0.2) is 11.5 Å². The first-order valence-corrected chi connectivity index (χ1v) is 7.62. The highest BCUT2D eigenvalue weighted by atomic mass is 16.3. The molecule has 0 unspecified atom stereocenters. The number of urea groups is 1. The molecule has 0 heterocycles. The van der Waals surface area contributed by atoms with Crippen LogP contribution in [0.5, 0.6) is 11.5 Å². The number of nitrogens with one attached hydrogen (secondary N) is 2. The average Bonchev–Trinajstić information content (AvgIpc) is 2.45. The lowest BCUT2D eigenvalue weighted by atomic mass is 9.96. The van der Waals surface area contributed by atoms with Crippen LogP contribution in [-0.4, -0.2) is 28.8 Å². The summed E-state index contributed by atoms with van der Waals surface area (Å²) in [5.41, 5.74) is 1.82. The fraction of sp³-hybridized carbons (Fsp3) is 0.562. The van der Waals surface area contributed by atoms with Crippen molar-refractivity contribution in [2.45, 2.75) is 51.5 Å². The second kappa shape index (κ2) is 7.20. The lowest BCUT2D eigenvalue weighted by Gasteiger charge is -2.22. The maximum atomic E-state index is 11.8. The van der Waals surface area contributed by atoms with Gasteiger partial charge >= 0.3 is 6.03 Å². The standard InChI is InChI=1S/C16H24N2O3/c1-11-9-14(19)15(20)10-12(11)7-8-17-16(21)18-13-5-3-2-4-6-13/h9-10,13,19-20H,2-8H2,1H3,(H2,17,18,21). The molecular formula is C16H24N2O3. The minimum absolute atomic E-state index is 0.112. The van der Waals surface area contributed by atoms with E-state index < -0.39 is 0 Å². The van der Waals surface area contributed by atoms with Crippen LogP contribution in [0.2, 0.25) is 0 Å². The van der Waals surface area contributed by atoms with E-state index in [-0.39, 0.29) is 17.5 Å². The first-order valence-electron chi connectivity index (χ1n) is 7.62. The van der Waals surface area contributed by atoms with Crippen molar-refractivity contribution < 1.29 is 15.0 Å². The highest BCUT2D eigenvalue weighted by Crippen LogP contribution is 2.28. The fourth-order valence-electron chi connectivity index (χ4n) is 2.79. The maximum absolute atomic E-state index is 11.8. The third kappa shape index (κ3) is 4.55. The van der Waals surface area contributed by atoms with E-state index in [1.165, 1.54) is 25.3 Å². The molecule has 1 saturated carbocycles. The van der Waals surface area contributed by atoms with Crippen molar-refractivity contribution in [2.75, 3.05) is 6.54 Å². The predicted octanol–water partition coefficient (Wildman–Crippen LogP) is 2.58. The van der Waals surface area contributed by atoms with Gasteiger partial charge in [-0.3, -0.25) is 0 Å². The summed E-state index contributed by atoms with van der Waals surface area (Å²) in [6.45, 7) is 2.38. The molecule has 0 aromatic heterocycles. The number of hydrogen-bond donors (Lipinski definition) is 4. The van der Waals surface area contributed by atoms with Crippen LogP contribution >= 0.6 is 0 Å². The third-order valence-corrected chi connectivity index (χ3v) is 4.05. The number of benzene rings is 1. The van der Waals surface area contributed by atoms with Gasteiger partial charge in [-0.1, -0.05) is 19.3 Å². The molecular weight excluding hydrogens is 268 g/mol. The summed E-state index contributed by atoms with van der Waals surface area (Å²) in [4.78, 5) is 11.8. The minimum atomic E-state index is -0.123. The van der Waals surface area contributed by atoms with Crippen molar-refractivity contribution in [3.05, 3.63) is 23.3 Å². The number of phenolic OH excluding ortho intramolecular Hbond substituents is 2. The molecule has 0 atom stereocenters. The Morgan fingerprint density at radius 2 is 1.86 bits per heavy atom. The van der Waals surface area contributed by atoms with Crippen LogP contribution in [0.3, 0.4) is 0 Å². The summed E-state index contributed by atoms with van der Waals surface area (Å²) in [7, 11) is 0. The second-order valence-electron chi connectivity index (χ2n) is 5.75. The molecule has 1 aromatic carbocycles. The average molecular weight is 292 g/mol. The Morgan fingerprint density at radius 3 is 2.57 bits per heavy atom. The Hall–Kier alpha value is -1.91. The molecule has 1 aliphatic carbocycles. The van der Waals surface area contributed by atoms with Crippen LogP contribution in [0.1, 0.15) is 43.2 Å². The van der Waals surface area contributed by atoms with Crippen LogP contribution in [0.15, 0.2) is 12.1 Å². The number of amides is 2. The number of carbonyl (C=O) groups excluding carboxylic acids is 1. The van der Waals surface area contributed by atoms with Gasteiger partial charge in [-0.05, 0) is 49.4 Å². The first-order chi connectivity index (χ1) is 10.1. The molecule has 1 aliphatic rings. The summed E-state index contributed by atoms with van der Waals surface area (Å²) in [5, 5.41) is 24.7. The molecule has 21 heavy (non-hydrogen) atoms. The molecule has 0 aliphatic heterocycles. The van der Waals surface area contributed by atoms with Crippen molar-refractivity contribution in [3.8, 4) is 11.5 Å². The molecule has 0 radical (unpaired) electrons. The molecule has 2 rings (SSSR count). The Balaban J connectivity index is 1.76. The molecule has 0 saturated heterocycles. The molecule has 1 aromatic rings. The third-order valence-electron chi connectivity index (χ3n) is 4.05. The quantitative estimate of drug-likeness (QED) is 0.644. The maximum Gasteiger partial charge on any atom is 0.315 e. The zero-order valence-corrected chi connectivity index (χ0v) is 12.5. The summed E-state index contributed by atoms with van der Waals surface area (Å²) in [6.07, 6.45) is 6.41. The zero-order chi connectivity index (χ0) is 15.2. The van der Waals surface area contributed by atoms with Crippen molar-refractivity contribution in [1.82, 2.24) is 10.6 Å². The Morgan fingerprint density at radius 1 is 1.19 bits per heavy atom. The van der Waals surface area contributed by atoms with Crippen LogP contribution in [0.4, 0.5) is 4.79 Å². The Bertz CT molecular complexity index is 497. The lowest BCUT2D eigenvalue weighted by Crippen LogP contribution is -2.43. The molecule has 116 valence electrons. The van der Waals surface area contributed by atoms with E-state index in [1.54, 1.807) is 6.07 Å². The van der Waals surface area contributed by atoms with Gasteiger partial charge < -0.3 is 20.8 Å². The van der Waals surface area contributed by atoms with Gasteiger partial charge in [-0.2, -0.15) is 0 Å². The highest BCUT2D eigenvalue weighted by Gasteiger charge is 2.15. The smallest absolute Gasteiger partial charge is 0.315 e. The van der Waals surface area contributed by atoms with Gasteiger partial charge in [0.2, 0.25) is 0 Å². The minimum Gasteiger partial charge on any atom is -0.504 e. The second-order valence-corrected chi connectivity index (χ2v) is 5.75. The Kier molecular flexibility index (Phi) is 5.31. The summed E-state index contributed by atoms with van der Waals surface area (Å²) < 4.78 is 0. The molecule has 2 amide bonds. The van der Waals surface area contributed by atoms with Gasteiger partial charge in [-0.15, -0.1) is 0 Å². The van der Waals surface area contributed by atoms with Crippen LogP contribution in [0, 0.1) is 6.92 Å². The lowest BCUT2D eigenvalue weighted by molar-refractivity contribution is 0.233. The number of hydrogen-bond acceptors (Lipinski definition) is 3. The largest absolute Gasteiger partial charge is 0.504 e. The summed E-state index contributed by atoms with van der Waals surface area (Å²) in [5.74, 6) is -0.235. The number of aryl methyl sites for hydroxylation is 1. The SMILES string of the molecule is Cc1cc(O)c(O)cc1CCNC(=O)NC1CCCCC1. The van der Waals surface area contributed by atoms with E-state index in [9.17, 15) is 15.0 Å². The van der Waals surface area contributed by atoms with E-state index >= 15 is 0 Å². The van der Waals surface area contributed by atoms with Gasteiger partial charge in [0.25, 0.3) is 0 Å². The Labute approximate surface area is 125 Å². The van der Waals surface area contributed by atoms with E-state index in [1.807, 2.05) is 6.92 Å². The van der Waals surface area contributed by atoms with E-state index in [0.717, 1.165) is 24.0 Å². The summed E-state index contributed by atoms with van der Waals surface area (Å²) >= 11 is 0. The van der Waals surface area contributed by atoms with Crippen LogP contribution in [-0.2, 0) is 6.42 Å². The molecule has 4 N–H and O–H groups in total. The van der Waals surface area contributed by atoms with Crippen molar-refractivity contribution >= 4 is 6.03 Å².